The normalized spacial score (nSPS) is 12.0. The Balaban J connectivity index is 3.02. The summed E-state index contributed by atoms with van der Waals surface area (Å²) in [6.07, 6.45) is 0. The van der Waals surface area contributed by atoms with Crippen molar-refractivity contribution in [1.82, 2.24) is 0 Å². The molecule has 32 valence electrons. The van der Waals surface area contributed by atoms with Gasteiger partial charge in [0.1, 0.15) is 0 Å². The number of halogens is 4. The standard InChI is InChI=1S/FGeI3/c1-2(3,4)5. The Morgan fingerprint density at radius 2 is 1.20 bits per heavy atom. The molecule has 0 saturated heterocycles. The van der Waals surface area contributed by atoms with Gasteiger partial charge < -0.3 is 0 Å². The Labute approximate surface area is 66.3 Å². The van der Waals surface area contributed by atoms with Crippen LogP contribution in [0.4, 0.5) is 3.50 Å². The Morgan fingerprint density at radius 1 is 1.20 bits per heavy atom. The fraction of sp³-hybridized carbons (Fsp3) is 0. The predicted octanol–water partition coefficient (Wildman–Crippen LogP) is 2.70. The van der Waals surface area contributed by atoms with Crippen molar-refractivity contribution in [3.8, 4) is 0 Å². The zero-order chi connectivity index (χ0) is 4.50. The van der Waals surface area contributed by atoms with E-state index in [2.05, 4.69) is 0 Å². The number of hydrogen-bond donors (Lipinski definition) is 0. The van der Waals surface area contributed by atoms with Gasteiger partial charge in [-0.1, -0.05) is 0 Å². The van der Waals surface area contributed by atoms with Crippen LogP contribution < -0.4 is 0 Å². The molecule has 0 aromatic heterocycles. The quantitative estimate of drug-likeness (QED) is 0.376. The summed E-state index contributed by atoms with van der Waals surface area (Å²) in [6, 6.07) is 0. The van der Waals surface area contributed by atoms with E-state index in [0.717, 1.165) is 0 Å². The third-order valence-electron chi connectivity index (χ3n) is 0. The van der Waals surface area contributed by atoms with E-state index in [0.29, 0.717) is 0 Å². The molecule has 0 saturated carbocycles. The third-order valence-corrected chi connectivity index (χ3v) is 0. The molecule has 5 heavy (non-hydrogen) atoms. The van der Waals surface area contributed by atoms with Gasteiger partial charge in [-0.3, -0.25) is 0 Å². The Morgan fingerprint density at radius 3 is 1.20 bits per heavy atom. The van der Waals surface area contributed by atoms with E-state index >= 15 is 0 Å². The molecular weight excluding hydrogens is 472 g/mol. The molecule has 0 aliphatic heterocycles. The molecule has 0 N–H and O–H groups in total. The summed E-state index contributed by atoms with van der Waals surface area (Å²) >= 11 is 5.62. The summed E-state index contributed by atoms with van der Waals surface area (Å²) < 4.78 is 9.25. The first-order chi connectivity index (χ1) is 2.00. The molecule has 0 fully saturated rings. The van der Waals surface area contributed by atoms with Gasteiger partial charge in [0.25, 0.3) is 0 Å². The molecule has 5 heteroatoms. The first kappa shape index (κ1) is 7.66. The molecule has 0 aromatic rings. The summed E-state index contributed by atoms with van der Waals surface area (Å²) in [5.74, 6) is 0. The zero-order valence-electron chi connectivity index (χ0n) is 2.01. The van der Waals surface area contributed by atoms with Gasteiger partial charge in [-0.2, -0.15) is 0 Å². The van der Waals surface area contributed by atoms with Crippen molar-refractivity contribution in [3.63, 3.8) is 0 Å². The molecule has 0 aliphatic carbocycles. The van der Waals surface area contributed by atoms with Crippen LogP contribution in [-0.4, -0.2) is 3.80 Å². The summed E-state index contributed by atoms with van der Waals surface area (Å²) in [5, 5.41) is 0. The minimum absolute atomic E-state index is 1.87. The summed E-state index contributed by atoms with van der Waals surface area (Å²) in [6.45, 7) is 0. The van der Waals surface area contributed by atoms with Gasteiger partial charge in [-0.15, -0.1) is 0 Å². The van der Waals surface area contributed by atoms with Crippen LogP contribution in [0.2, 0.25) is 0 Å². The van der Waals surface area contributed by atoms with E-state index < -0.39 is 3.80 Å². The molecule has 0 atom stereocenters. The second-order valence-corrected chi connectivity index (χ2v) is 57.6. The van der Waals surface area contributed by atoms with Crippen LogP contribution in [0.15, 0.2) is 0 Å². The Hall–Kier alpha value is 2.66. The molecular formula is FGeI3. The average Bonchev–Trinajstić information content (AvgIpc) is 0.722. The van der Waals surface area contributed by atoms with Gasteiger partial charge in [0.15, 0.2) is 0 Å². The van der Waals surface area contributed by atoms with Crippen molar-refractivity contribution in [2.45, 2.75) is 0 Å². The molecule has 0 rings (SSSR count). The molecule has 0 unspecified atom stereocenters. The third kappa shape index (κ3) is 20.4. The molecule has 0 aliphatic rings. The van der Waals surface area contributed by atoms with E-state index in [1.165, 1.54) is 0 Å². The zero-order valence-corrected chi connectivity index (χ0v) is 10.6. The van der Waals surface area contributed by atoms with Crippen molar-refractivity contribution in [2.24, 2.45) is 0 Å². The second-order valence-electron chi connectivity index (χ2n) is 0.429. The first-order valence-corrected chi connectivity index (χ1v) is 20.7. The van der Waals surface area contributed by atoms with E-state index in [1.54, 1.807) is 0 Å². The van der Waals surface area contributed by atoms with Crippen molar-refractivity contribution in [3.05, 3.63) is 0 Å². The van der Waals surface area contributed by atoms with Crippen LogP contribution in [0.25, 0.3) is 0 Å². The van der Waals surface area contributed by atoms with Gasteiger partial charge in [-0.25, -0.2) is 0 Å². The molecule has 0 nitrogen and oxygen atoms in total. The molecule has 0 bridgehead atoms. The SMILES string of the molecule is [F][Ge]([I])([I])[I]. The van der Waals surface area contributed by atoms with Crippen molar-refractivity contribution >= 4 is 64.4 Å². The van der Waals surface area contributed by atoms with Crippen LogP contribution in [-0.2, 0) is 0 Å². The molecule has 0 radical (unpaired) electrons. The van der Waals surface area contributed by atoms with Crippen LogP contribution >= 0.6 is 60.6 Å². The summed E-state index contributed by atoms with van der Waals surface area (Å²) in [5.41, 5.74) is 0. The number of rotatable bonds is 0. The predicted molar refractivity (Wildman–Crippen MR) is 48.9 cm³/mol. The van der Waals surface area contributed by atoms with E-state index in [1.807, 2.05) is 60.6 Å². The molecule has 0 amide bonds. The van der Waals surface area contributed by atoms with E-state index in [9.17, 15) is 3.50 Å². The van der Waals surface area contributed by atoms with Gasteiger partial charge >= 0.3 is 67.9 Å². The van der Waals surface area contributed by atoms with Crippen LogP contribution in [0.1, 0.15) is 0 Å². The number of hydrogen-bond acceptors (Lipinski definition) is 0. The van der Waals surface area contributed by atoms with Crippen molar-refractivity contribution in [2.75, 3.05) is 0 Å². The van der Waals surface area contributed by atoms with Crippen molar-refractivity contribution in [1.29, 1.82) is 0 Å². The molecule has 0 aromatic carbocycles. The van der Waals surface area contributed by atoms with E-state index in [-0.39, 0.29) is 0 Å². The molecule has 0 spiro atoms. The van der Waals surface area contributed by atoms with Crippen LogP contribution in [0.3, 0.4) is 0 Å². The van der Waals surface area contributed by atoms with Crippen LogP contribution in [0.5, 0.6) is 0 Å². The van der Waals surface area contributed by atoms with Gasteiger partial charge in [0.05, 0.1) is 0 Å². The summed E-state index contributed by atoms with van der Waals surface area (Å²) in [7, 11) is 0. The van der Waals surface area contributed by atoms with Crippen LogP contribution in [0, 0.1) is 0 Å². The van der Waals surface area contributed by atoms with E-state index in [4.69, 9.17) is 0 Å². The van der Waals surface area contributed by atoms with Gasteiger partial charge in [-0.05, 0) is 0 Å². The minimum atomic E-state index is -2.59. The second kappa shape index (κ2) is 2.85. The fourth-order valence-electron chi connectivity index (χ4n) is 0. The summed E-state index contributed by atoms with van der Waals surface area (Å²) in [4.78, 5) is 0. The van der Waals surface area contributed by atoms with Crippen molar-refractivity contribution < 1.29 is 3.50 Å². The monoisotopic (exact) mass is 474 g/mol. The van der Waals surface area contributed by atoms with Gasteiger partial charge in [0, 0.05) is 0 Å². The maximum atomic E-state index is 11.8. The Bertz CT molecular complexity index is 22.4. The fourth-order valence-corrected chi connectivity index (χ4v) is 0. The van der Waals surface area contributed by atoms with Gasteiger partial charge in [0.2, 0.25) is 0 Å². The maximum absolute atomic E-state index is 11.8. The molecule has 0 heterocycles. The average molecular weight is 472 g/mol. The topological polar surface area (TPSA) is 0 Å². The Kier molecular flexibility index (Phi) is 4.36. The first-order valence-electron chi connectivity index (χ1n) is 0.756.